The Morgan fingerprint density at radius 2 is 1.95 bits per heavy atom. The molecule has 3 aromatic rings. The van der Waals surface area contributed by atoms with Crippen LogP contribution in [0.2, 0.25) is 0 Å². The summed E-state index contributed by atoms with van der Waals surface area (Å²) in [7, 11) is 0. The second kappa shape index (κ2) is 5.02. The van der Waals surface area contributed by atoms with E-state index in [1.807, 2.05) is 37.3 Å². The van der Waals surface area contributed by atoms with Crippen LogP contribution in [0.5, 0.6) is 0 Å². The Morgan fingerprint density at radius 3 is 2.70 bits per heavy atom. The lowest BCUT2D eigenvalue weighted by Crippen LogP contribution is -2.07. The molecule has 3 rings (SSSR count). The van der Waals surface area contributed by atoms with Crippen LogP contribution in [0, 0.1) is 5.82 Å². The number of pyridine rings is 1. The monoisotopic (exact) mass is 266 g/mol. The molecule has 0 aliphatic heterocycles. The third-order valence-electron chi connectivity index (χ3n) is 3.41. The smallest absolute Gasteiger partial charge is 0.123 e. The Labute approximate surface area is 117 Å². The highest BCUT2D eigenvalue weighted by Gasteiger charge is 2.14. The molecule has 0 amide bonds. The zero-order valence-corrected chi connectivity index (χ0v) is 11.2. The van der Waals surface area contributed by atoms with Crippen LogP contribution in [0.25, 0.3) is 22.0 Å². The van der Waals surface area contributed by atoms with Crippen molar-refractivity contribution in [1.82, 2.24) is 4.98 Å². The minimum absolute atomic E-state index is 0.139. The highest BCUT2D eigenvalue weighted by atomic mass is 19.1. The first-order valence-electron chi connectivity index (χ1n) is 6.56. The van der Waals surface area contributed by atoms with E-state index in [0.29, 0.717) is 0 Å². The standard InChI is InChI=1S/C17H15FN2/c1-11(19)15-8-7-12-5-3-9-20-17(12)16(15)13-4-2-6-14(18)10-13/h2-11H,19H2,1H3. The summed E-state index contributed by atoms with van der Waals surface area (Å²) in [5.41, 5.74) is 9.61. The zero-order valence-electron chi connectivity index (χ0n) is 11.2. The van der Waals surface area contributed by atoms with Crippen molar-refractivity contribution in [2.24, 2.45) is 5.73 Å². The van der Waals surface area contributed by atoms with Gasteiger partial charge in [0.2, 0.25) is 0 Å². The molecule has 2 aromatic carbocycles. The van der Waals surface area contributed by atoms with Crippen molar-refractivity contribution in [3.63, 3.8) is 0 Å². The van der Waals surface area contributed by atoms with E-state index in [0.717, 1.165) is 27.6 Å². The van der Waals surface area contributed by atoms with Crippen molar-refractivity contribution in [2.45, 2.75) is 13.0 Å². The van der Waals surface area contributed by atoms with Gasteiger partial charge in [0.15, 0.2) is 0 Å². The number of fused-ring (bicyclic) bond motifs is 1. The summed E-state index contributed by atoms with van der Waals surface area (Å²) in [6.07, 6.45) is 1.75. The average molecular weight is 266 g/mol. The van der Waals surface area contributed by atoms with Crippen molar-refractivity contribution >= 4 is 10.9 Å². The highest BCUT2D eigenvalue weighted by molar-refractivity contribution is 5.95. The molecule has 0 radical (unpaired) electrons. The fourth-order valence-corrected chi connectivity index (χ4v) is 2.49. The zero-order chi connectivity index (χ0) is 14.1. The molecule has 0 saturated heterocycles. The Hall–Kier alpha value is -2.26. The van der Waals surface area contributed by atoms with Crippen LogP contribution < -0.4 is 5.73 Å². The molecule has 0 fully saturated rings. The van der Waals surface area contributed by atoms with Crippen LogP contribution in [0.1, 0.15) is 18.5 Å². The van der Waals surface area contributed by atoms with E-state index in [9.17, 15) is 4.39 Å². The molecule has 3 heteroatoms. The largest absolute Gasteiger partial charge is 0.324 e. The molecule has 0 aliphatic rings. The molecule has 100 valence electrons. The van der Waals surface area contributed by atoms with Crippen LogP contribution in [0.3, 0.4) is 0 Å². The van der Waals surface area contributed by atoms with Crippen LogP contribution in [0.15, 0.2) is 54.7 Å². The minimum atomic E-state index is -0.258. The van der Waals surface area contributed by atoms with Gasteiger partial charge >= 0.3 is 0 Å². The Morgan fingerprint density at radius 1 is 1.10 bits per heavy atom. The first kappa shape index (κ1) is 12.8. The predicted octanol–water partition coefficient (Wildman–Crippen LogP) is 4.06. The van der Waals surface area contributed by atoms with Gasteiger partial charge in [0, 0.05) is 23.2 Å². The van der Waals surface area contributed by atoms with Gasteiger partial charge < -0.3 is 5.73 Å². The molecule has 0 spiro atoms. The summed E-state index contributed by atoms with van der Waals surface area (Å²) in [5, 5.41) is 1.02. The van der Waals surface area contributed by atoms with Crippen molar-refractivity contribution in [1.29, 1.82) is 0 Å². The van der Waals surface area contributed by atoms with Gasteiger partial charge in [-0.3, -0.25) is 4.98 Å². The topological polar surface area (TPSA) is 38.9 Å². The maximum Gasteiger partial charge on any atom is 0.123 e. The van der Waals surface area contributed by atoms with Gasteiger partial charge in [0.1, 0.15) is 5.82 Å². The van der Waals surface area contributed by atoms with Crippen LogP contribution >= 0.6 is 0 Å². The number of nitrogens with two attached hydrogens (primary N) is 1. The van der Waals surface area contributed by atoms with E-state index in [4.69, 9.17) is 5.73 Å². The van der Waals surface area contributed by atoms with E-state index in [2.05, 4.69) is 4.98 Å². The molecule has 0 aliphatic carbocycles. The lowest BCUT2D eigenvalue weighted by Gasteiger charge is -2.15. The molecule has 2 nitrogen and oxygen atoms in total. The number of hydrogen-bond donors (Lipinski definition) is 1. The Bertz CT molecular complexity index is 766. The molecule has 1 unspecified atom stereocenters. The van der Waals surface area contributed by atoms with Crippen LogP contribution in [0.4, 0.5) is 4.39 Å². The highest BCUT2D eigenvalue weighted by Crippen LogP contribution is 2.33. The lowest BCUT2D eigenvalue weighted by atomic mass is 9.93. The fourth-order valence-electron chi connectivity index (χ4n) is 2.49. The van der Waals surface area contributed by atoms with Crippen molar-refractivity contribution in [2.75, 3.05) is 0 Å². The maximum atomic E-state index is 13.5. The number of halogens is 1. The number of nitrogens with zero attached hydrogens (tertiary/aromatic N) is 1. The van der Waals surface area contributed by atoms with Crippen LogP contribution in [-0.4, -0.2) is 4.98 Å². The normalized spacial score (nSPS) is 12.6. The van der Waals surface area contributed by atoms with Gasteiger partial charge in [0.05, 0.1) is 5.52 Å². The third-order valence-corrected chi connectivity index (χ3v) is 3.41. The van der Waals surface area contributed by atoms with Crippen molar-refractivity contribution in [3.05, 3.63) is 66.1 Å². The Balaban J connectivity index is 2.38. The Kier molecular flexibility index (Phi) is 3.20. The van der Waals surface area contributed by atoms with E-state index in [1.54, 1.807) is 12.3 Å². The molecule has 1 aromatic heterocycles. The maximum absolute atomic E-state index is 13.5. The van der Waals surface area contributed by atoms with E-state index < -0.39 is 0 Å². The third kappa shape index (κ3) is 2.17. The summed E-state index contributed by atoms with van der Waals surface area (Å²) >= 11 is 0. The summed E-state index contributed by atoms with van der Waals surface area (Å²) in [4.78, 5) is 4.45. The summed E-state index contributed by atoms with van der Waals surface area (Å²) in [5.74, 6) is -0.258. The molecule has 20 heavy (non-hydrogen) atoms. The fraction of sp³-hybridized carbons (Fsp3) is 0.118. The van der Waals surface area contributed by atoms with Crippen molar-refractivity contribution in [3.8, 4) is 11.1 Å². The molecule has 0 saturated carbocycles. The van der Waals surface area contributed by atoms with Gasteiger partial charge in [-0.2, -0.15) is 0 Å². The van der Waals surface area contributed by atoms with Crippen molar-refractivity contribution < 1.29 is 4.39 Å². The molecule has 2 N–H and O–H groups in total. The second-order valence-corrected chi connectivity index (χ2v) is 4.90. The molecule has 0 bridgehead atoms. The summed E-state index contributed by atoms with van der Waals surface area (Å²) in [6.45, 7) is 1.92. The van der Waals surface area contributed by atoms with E-state index in [1.165, 1.54) is 12.1 Å². The van der Waals surface area contributed by atoms with Gasteiger partial charge in [-0.25, -0.2) is 4.39 Å². The van der Waals surface area contributed by atoms with Crippen LogP contribution in [-0.2, 0) is 0 Å². The summed E-state index contributed by atoms with van der Waals surface area (Å²) < 4.78 is 13.5. The quantitative estimate of drug-likeness (QED) is 0.759. The molecule has 1 heterocycles. The SMILES string of the molecule is CC(N)c1ccc2cccnc2c1-c1cccc(F)c1. The average Bonchev–Trinajstić information content (AvgIpc) is 2.46. The molecular weight excluding hydrogens is 251 g/mol. The van der Waals surface area contributed by atoms with Gasteiger partial charge in [-0.05, 0) is 36.2 Å². The lowest BCUT2D eigenvalue weighted by molar-refractivity contribution is 0.628. The molecule has 1 atom stereocenters. The minimum Gasteiger partial charge on any atom is -0.324 e. The van der Waals surface area contributed by atoms with E-state index >= 15 is 0 Å². The van der Waals surface area contributed by atoms with Gasteiger partial charge in [-0.1, -0.05) is 30.3 Å². The number of hydrogen-bond acceptors (Lipinski definition) is 2. The second-order valence-electron chi connectivity index (χ2n) is 4.90. The number of rotatable bonds is 2. The summed E-state index contributed by atoms with van der Waals surface area (Å²) in [6, 6.07) is 14.3. The molecular formula is C17H15FN2. The first-order chi connectivity index (χ1) is 9.66. The van der Waals surface area contributed by atoms with Gasteiger partial charge in [0.25, 0.3) is 0 Å². The first-order valence-corrected chi connectivity index (χ1v) is 6.56. The number of aromatic nitrogens is 1. The number of benzene rings is 2. The van der Waals surface area contributed by atoms with Gasteiger partial charge in [-0.15, -0.1) is 0 Å². The van der Waals surface area contributed by atoms with E-state index in [-0.39, 0.29) is 11.9 Å². The predicted molar refractivity (Wildman–Crippen MR) is 79.7 cm³/mol.